The Kier molecular flexibility index (Phi) is 19.1. The first-order chi connectivity index (χ1) is 29.7. The van der Waals surface area contributed by atoms with Crippen LogP contribution in [0.15, 0.2) is 70.1 Å². The zero-order chi connectivity index (χ0) is 46.5. The van der Waals surface area contributed by atoms with Crippen molar-refractivity contribution in [1.29, 1.82) is 0 Å². The van der Waals surface area contributed by atoms with Gasteiger partial charge in [-0.2, -0.15) is 25.3 Å². The number of carboxylic acids is 1. The van der Waals surface area contributed by atoms with Gasteiger partial charge in [-0.25, -0.2) is 0 Å². The van der Waals surface area contributed by atoms with Crippen LogP contribution < -0.4 is 9.80 Å². The fourth-order valence-electron chi connectivity index (χ4n) is 8.34. The number of aliphatic carboxylic acids is 1. The van der Waals surface area contributed by atoms with Gasteiger partial charge in [-0.15, -0.1) is 0 Å². The molecule has 0 aromatic heterocycles. The molecule has 2 heterocycles. The molecule has 3 atom stereocenters. The molecule has 0 spiro atoms. The predicted octanol–water partition coefficient (Wildman–Crippen LogP) is 4.89. The van der Waals surface area contributed by atoms with Crippen LogP contribution in [0.2, 0.25) is 0 Å². The van der Waals surface area contributed by atoms with Gasteiger partial charge >= 0.3 is 5.97 Å². The zero-order valence-corrected chi connectivity index (χ0v) is 38.8. The lowest BCUT2D eigenvalue weighted by Gasteiger charge is -2.35. The van der Waals surface area contributed by atoms with Crippen molar-refractivity contribution in [2.24, 2.45) is 0 Å². The van der Waals surface area contributed by atoms with Crippen molar-refractivity contribution in [3.05, 3.63) is 71.5 Å². The predicted molar refractivity (Wildman–Crippen MR) is 235 cm³/mol. The Morgan fingerprint density at radius 3 is 1.84 bits per heavy atom. The number of hydrogen-bond acceptors (Lipinski definition) is 14. The highest BCUT2D eigenvalue weighted by Gasteiger charge is 2.47. The highest BCUT2D eigenvalue weighted by molar-refractivity contribution is 7.86. The number of carboxylic acid groups (broad SMARTS) is 1. The largest absolute Gasteiger partial charge is 0.481 e. The van der Waals surface area contributed by atoms with E-state index < -0.39 is 58.9 Å². The van der Waals surface area contributed by atoms with Crippen molar-refractivity contribution < 1.29 is 72.5 Å². The molecule has 21 heteroatoms. The lowest BCUT2D eigenvalue weighted by molar-refractivity contribution is -0.137. The molecule has 354 valence electrons. The second-order valence-electron chi connectivity index (χ2n) is 16.0. The number of allylic oxidation sites excluding steroid dienone is 3. The van der Waals surface area contributed by atoms with Crippen molar-refractivity contribution >= 4 is 47.7 Å². The summed E-state index contributed by atoms with van der Waals surface area (Å²) in [6.07, 6.45) is 7.97. The third-order valence-corrected chi connectivity index (χ3v) is 14.1. The summed E-state index contributed by atoms with van der Waals surface area (Å²) < 4.78 is 130. The molecule has 0 fully saturated rings. The van der Waals surface area contributed by atoms with Crippen molar-refractivity contribution in [2.75, 3.05) is 95.7 Å². The Balaban J connectivity index is 1.76. The number of methoxy groups -OCH3 is 2. The summed E-state index contributed by atoms with van der Waals surface area (Å²) in [5.74, 6) is -1.44. The first-order valence-corrected chi connectivity index (χ1v) is 25.2. The molecule has 18 nitrogen and oxygen atoms in total. The molecule has 0 saturated carbocycles. The number of fused-ring (bicyclic) bond motifs is 2. The van der Waals surface area contributed by atoms with Crippen LogP contribution in [-0.4, -0.2) is 142 Å². The number of benzene rings is 2. The number of rotatable bonds is 29. The van der Waals surface area contributed by atoms with E-state index in [1.807, 2.05) is 37.0 Å². The van der Waals surface area contributed by atoms with E-state index in [2.05, 4.69) is 4.90 Å². The van der Waals surface area contributed by atoms with Crippen LogP contribution in [-0.2, 0) is 69.7 Å². The third kappa shape index (κ3) is 14.3. The minimum Gasteiger partial charge on any atom is -0.481 e. The number of hydrogen-bond donors (Lipinski definition) is 4. The maximum atomic E-state index is 12.4. The van der Waals surface area contributed by atoms with Crippen LogP contribution >= 0.6 is 0 Å². The number of unbranched alkanes of at least 4 members (excludes halogenated alkanes) is 2. The van der Waals surface area contributed by atoms with Gasteiger partial charge in [0.05, 0.1) is 67.8 Å². The Morgan fingerprint density at radius 2 is 1.27 bits per heavy atom. The third-order valence-electron chi connectivity index (χ3n) is 11.6. The van der Waals surface area contributed by atoms with E-state index >= 15 is 0 Å². The minimum atomic E-state index is -4.64. The Hall–Kier alpha value is -3.48. The average Bonchev–Trinajstić information content (AvgIpc) is 3.57. The van der Waals surface area contributed by atoms with Gasteiger partial charge in [-0.1, -0.05) is 25.5 Å². The van der Waals surface area contributed by atoms with Gasteiger partial charge in [0, 0.05) is 68.2 Å². The van der Waals surface area contributed by atoms with E-state index in [9.17, 15) is 48.8 Å². The molecule has 0 aliphatic carbocycles. The first-order valence-electron chi connectivity index (χ1n) is 20.7. The fourth-order valence-corrected chi connectivity index (χ4v) is 9.86. The zero-order valence-electron chi connectivity index (χ0n) is 36.3. The highest BCUT2D eigenvalue weighted by atomic mass is 32.2. The first kappa shape index (κ1) is 52.1. The molecule has 0 amide bonds. The monoisotopic (exact) mass is 946 g/mol. The maximum Gasteiger partial charge on any atom is 0.303 e. The maximum absolute atomic E-state index is 12.4. The van der Waals surface area contributed by atoms with Gasteiger partial charge in [0.2, 0.25) is 0 Å². The average molecular weight is 947 g/mol. The molecular weight excluding hydrogens is 885 g/mol. The van der Waals surface area contributed by atoms with E-state index in [0.717, 1.165) is 5.69 Å². The normalized spacial score (nSPS) is 20.9. The number of ether oxygens (including phenoxy) is 5. The Bertz CT molecular complexity index is 2250. The van der Waals surface area contributed by atoms with E-state index in [-0.39, 0.29) is 48.8 Å². The van der Waals surface area contributed by atoms with Crippen LogP contribution in [0, 0.1) is 0 Å². The molecule has 4 rings (SSSR count). The van der Waals surface area contributed by atoms with Gasteiger partial charge in [0.15, 0.2) is 0 Å². The highest BCUT2D eigenvalue weighted by Crippen LogP contribution is 2.52. The number of anilines is 2. The van der Waals surface area contributed by atoms with Crippen LogP contribution in [0.5, 0.6) is 0 Å². The number of nitrogens with zero attached hydrogens (tertiary/aromatic N) is 2. The molecule has 2 aliphatic rings. The van der Waals surface area contributed by atoms with Crippen LogP contribution in [0.25, 0.3) is 0 Å². The SMILES string of the molecule is COCCOCCOCCOCCN1/C(=C/C=C/C2N(CCCCCC(=O)O)c3ccc(S(=O)(=O)O)cc3C2(C)CCOC)C(C)(CCCS(=O)(=O)O)c2cc(S(=O)(=O)O)ccc21. The molecule has 2 aromatic rings. The summed E-state index contributed by atoms with van der Waals surface area (Å²) in [6.45, 7) is 7.33. The van der Waals surface area contributed by atoms with Gasteiger partial charge in [0.1, 0.15) is 0 Å². The lowest BCUT2D eigenvalue weighted by atomic mass is 9.75. The molecule has 63 heavy (non-hydrogen) atoms. The topological polar surface area (TPSA) is 253 Å². The standard InChI is InChI=1S/C42H62N2O16S3/c1-41(17-9-29-61(47,48)49)34-30-32(62(50,51)52)14-16-37(34)44(20-22-58-25-26-60-28-27-59-24-23-57-4)38(41)10-8-11-39-42(2,18-21-56-3)35-31-33(63(53,54)55)13-15-36(35)43(39)19-7-5-6-12-40(45)46/h8,10-11,13-16,30-31,39H,5-7,9,12,17-29H2,1-4H3,(H,45,46)(H,47,48,49)(H,50,51,52)(H,53,54,55)/b11-8+,38-10+. The molecule has 2 aromatic carbocycles. The molecule has 4 N–H and O–H groups in total. The molecule has 3 unspecified atom stereocenters. The van der Waals surface area contributed by atoms with Crippen LogP contribution in [0.4, 0.5) is 11.4 Å². The summed E-state index contributed by atoms with van der Waals surface area (Å²) in [5.41, 5.74) is 1.34. The summed E-state index contributed by atoms with van der Waals surface area (Å²) in [4.78, 5) is 14.7. The van der Waals surface area contributed by atoms with Gasteiger partial charge in [-0.05, 0) is 92.6 Å². The van der Waals surface area contributed by atoms with Gasteiger partial charge in [0.25, 0.3) is 30.4 Å². The number of carbonyl (C=O) groups is 1. The summed E-state index contributed by atoms with van der Waals surface area (Å²) in [5, 5.41) is 9.20. The molecule has 0 radical (unpaired) electrons. The lowest BCUT2D eigenvalue weighted by Crippen LogP contribution is -2.43. The van der Waals surface area contributed by atoms with Crippen LogP contribution in [0.3, 0.4) is 0 Å². The summed E-state index contributed by atoms with van der Waals surface area (Å²) in [6, 6.07) is 8.28. The van der Waals surface area contributed by atoms with Crippen molar-refractivity contribution in [1.82, 2.24) is 0 Å². The van der Waals surface area contributed by atoms with Gasteiger partial charge in [-0.3, -0.25) is 18.5 Å². The van der Waals surface area contributed by atoms with Crippen molar-refractivity contribution in [2.45, 2.75) is 85.5 Å². The minimum absolute atomic E-state index is 0.00156. The van der Waals surface area contributed by atoms with E-state index in [1.165, 1.54) is 24.3 Å². The Morgan fingerprint density at radius 1 is 0.698 bits per heavy atom. The molecular formula is C42H62N2O16S3. The summed E-state index contributed by atoms with van der Waals surface area (Å²) >= 11 is 0. The Labute approximate surface area is 371 Å². The molecule has 0 saturated heterocycles. The second kappa shape index (κ2) is 23.1. The fraction of sp³-hybridized carbons (Fsp3) is 0.595. The summed E-state index contributed by atoms with van der Waals surface area (Å²) in [7, 11) is -10.4. The van der Waals surface area contributed by atoms with E-state index in [1.54, 1.807) is 26.4 Å². The van der Waals surface area contributed by atoms with Gasteiger partial charge < -0.3 is 38.6 Å². The van der Waals surface area contributed by atoms with Crippen molar-refractivity contribution in [3.63, 3.8) is 0 Å². The molecule has 2 aliphatic heterocycles. The smallest absolute Gasteiger partial charge is 0.303 e. The van der Waals surface area contributed by atoms with E-state index in [0.29, 0.717) is 94.4 Å². The van der Waals surface area contributed by atoms with Crippen LogP contribution in [0.1, 0.15) is 69.9 Å². The quantitative estimate of drug-likeness (QED) is 0.0626. The van der Waals surface area contributed by atoms with E-state index in [4.69, 9.17) is 23.7 Å². The van der Waals surface area contributed by atoms with Crippen molar-refractivity contribution in [3.8, 4) is 0 Å². The molecule has 0 bridgehead atoms. The second-order valence-corrected chi connectivity index (χ2v) is 20.4.